The molecular weight excluding hydrogens is 198 g/mol. The molecule has 0 aliphatic heterocycles. The SMILES string of the molecule is COCCN(C(=O)CCC(=O)O)C1CC1. The molecule has 15 heavy (non-hydrogen) atoms. The van der Waals surface area contributed by atoms with Crippen LogP contribution in [0.1, 0.15) is 25.7 Å². The van der Waals surface area contributed by atoms with E-state index in [-0.39, 0.29) is 18.7 Å². The zero-order chi connectivity index (χ0) is 11.3. The molecule has 5 heteroatoms. The van der Waals surface area contributed by atoms with E-state index in [2.05, 4.69) is 0 Å². The number of carbonyl (C=O) groups excluding carboxylic acids is 1. The Kier molecular flexibility index (Phi) is 4.55. The number of ether oxygens (including phenoxy) is 1. The molecule has 0 heterocycles. The lowest BCUT2D eigenvalue weighted by Crippen LogP contribution is -2.35. The molecule has 0 spiro atoms. The van der Waals surface area contributed by atoms with Crippen molar-refractivity contribution in [2.24, 2.45) is 0 Å². The second-order valence-electron chi connectivity index (χ2n) is 3.70. The first-order valence-corrected chi connectivity index (χ1v) is 5.15. The van der Waals surface area contributed by atoms with Crippen LogP contribution in [0.4, 0.5) is 0 Å². The van der Waals surface area contributed by atoms with E-state index in [0.29, 0.717) is 19.2 Å². The number of amides is 1. The van der Waals surface area contributed by atoms with Gasteiger partial charge >= 0.3 is 5.97 Å². The predicted octanol–water partition coefficient (Wildman–Crippen LogP) is 0.489. The Morgan fingerprint density at radius 3 is 2.53 bits per heavy atom. The summed E-state index contributed by atoms with van der Waals surface area (Å²) in [6.45, 7) is 1.08. The van der Waals surface area contributed by atoms with Crippen molar-refractivity contribution in [2.45, 2.75) is 31.7 Å². The van der Waals surface area contributed by atoms with Crippen LogP contribution in [-0.2, 0) is 14.3 Å². The lowest BCUT2D eigenvalue weighted by atomic mass is 10.2. The first-order valence-electron chi connectivity index (χ1n) is 5.15. The zero-order valence-electron chi connectivity index (χ0n) is 8.94. The van der Waals surface area contributed by atoms with E-state index < -0.39 is 5.97 Å². The Bertz CT molecular complexity index is 238. The number of methoxy groups -OCH3 is 1. The molecule has 0 aromatic carbocycles. The molecule has 1 aliphatic rings. The minimum absolute atomic E-state index is 0.0723. The van der Waals surface area contributed by atoms with Gasteiger partial charge < -0.3 is 14.7 Å². The lowest BCUT2D eigenvalue weighted by Gasteiger charge is -2.21. The number of nitrogens with zero attached hydrogens (tertiary/aromatic N) is 1. The van der Waals surface area contributed by atoms with Gasteiger partial charge in [0.2, 0.25) is 5.91 Å². The van der Waals surface area contributed by atoms with Crippen LogP contribution < -0.4 is 0 Å². The Balaban J connectivity index is 2.33. The highest BCUT2D eigenvalue weighted by Gasteiger charge is 2.31. The van der Waals surface area contributed by atoms with Crippen LogP contribution in [0.15, 0.2) is 0 Å². The van der Waals surface area contributed by atoms with Crippen molar-refractivity contribution in [2.75, 3.05) is 20.3 Å². The van der Waals surface area contributed by atoms with E-state index in [1.165, 1.54) is 0 Å². The summed E-state index contributed by atoms with van der Waals surface area (Å²) >= 11 is 0. The molecule has 0 bridgehead atoms. The van der Waals surface area contributed by atoms with Gasteiger partial charge in [0.05, 0.1) is 13.0 Å². The van der Waals surface area contributed by atoms with E-state index in [4.69, 9.17) is 9.84 Å². The van der Waals surface area contributed by atoms with Gasteiger partial charge in [-0.25, -0.2) is 0 Å². The molecule has 1 fully saturated rings. The van der Waals surface area contributed by atoms with Crippen molar-refractivity contribution in [3.05, 3.63) is 0 Å². The van der Waals surface area contributed by atoms with E-state index in [9.17, 15) is 9.59 Å². The molecule has 1 saturated carbocycles. The molecule has 0 saturated heterocycles. The van der Waals surface area contributed by atoms with E-state index in [1.807, 2.05) is 0 Å². The summed E-state index contributed by atoms with van der Waals surface area (Å²) in [5, 5.41) is 8.48. The first-order chi connectivity index (χ1) is 7.15. The lowest BCUT2D eigenvalue weighted by molar-refractivity contribution is -0.141. The highest BCUT2D eigenvalue weighted by Crippen LogP contribution is 2.27. The number of hydrogen-bond acceptors (Lipinski definition) is 3. The molecule has 0 radical (unpaired) electrons. The van der Waals surface area contributed by atoms with Crippen molar-refractivity contribution >= 4 is 11.9 Å². The summed E-state index contributed by atoms with van der Waals surface area (Å²) in [4.78, 5) is 23.7. The normalized spacial score (nSPS) is 15.0. The Morgan fingerprint density at radius 2 is 2.07 bits per heavy atom. The van der Waals surface area contributed by atoms with Crippen LogP contribution in [0.5, 0.6) is 0 Å². The van der Waals surface area contributed by atoms with Crippen LogP contribution in [0.25, 0.3) is 0 Å². The van der Waals surface area contributed by atoms with Gasteiger partial charge in [0.1, 0.15) is 0 Å². The highest BCUT2D eigenvalue weighted by atomic mass is 16.5. The van der Waals surface area contributed by atoms with Gasteiger partial charge in [0.25, 0.3) is 0 Å². The number of carboxylic acid groups (broad SMARTS) is 1. The first kappa shape index (κ1) is 12.0. The molecule has 0 aromatic rings. The highest BCUT2D eigenvalue weighted by molar-refractivity contribution is 5.81. The van der Waals surface area contributed by atoms with Crippen LogP contribution in [-0.4, -0.2) is 48.2 Å². The van der Waals surface area contributed by atoms with Crippen LogP contribution in [0, 0.1) is 0 Å². The van der Waals surface area contributed by atoms with E-state index in [1.54, 1.807) is 12.0 Å². The van der Waals surface area contributed by atoms with Gasteiger partial charge in [0, 0.05) is 26.1 Å². The molecule has 5 nitrogen and oxygen atoms in total. The summed E-state index contributed by atoms with van der Waals surface area (Å²) in [6.07, 6.45) is 2.07. The fourth-order valence-corrected chi connectivity index (χ4v) is 1.44. The minimum atomic E-state index is -0.925. The maximum Gasteiger partial charge on any atom is 0.303 e. The number of aliphatic carboxylic acids is 1. The van der Waals surface area contributed by atoms with Crippen LogP contribution in [0.3, 0.4) is 0 Å². The quantitative estimate of drug-likeness (QED) is 0.671. The molecule has 0 unspecified atom stereocenters. The number of hydrogen-bond donors (Lipinski definition) is 1. The van der Waals surface area contributed by atoms with Gasteiger partial charge in [-0.3, -0.25) is 9.59 Å². The molecular formula is C10H17NO4. The smallest absolute Gasteiger partial charge is 0.303 e. The summed E-state index contributed by atoms with van der Waals surface area (Å²) in [6, 6.07) is 0.321. The van der Waals surface area contributed by atoms with Crippen molar-refractivity contribution in [1.82, 2.24) is 4.90 Å². The van der Waals surface area contributed by atoms with Gasteiger partial charge in [-0.1, -0.05) is 0 Å². The number of rotatable bonds is 7. The topological polar surface area (TPSA) is 66.8 Å². The molecule has 86 valence electrons. The van der Waals surface area contributed by atoms with E-state index >= 15 is 0 Å². The fraction of sp³-hybridized carbons (Fsp3) is 0.800. The van der Waals surface area contributed by atoms with Crippen molar-refractivity contribution in [1.29, 1.82) is 0 Å². The number of carboxylic acids is 1. The second-order valence-corrected chi connectivity index (χ2v) is 3.70. The van der Waals surface area contributed by atoms with Gasteiger partial charge in [-0.2, -0.15) is 0 Å². The Labute approximate surface area is 89.0 Å². The summed E-state index contributed by atoms with van der Waals surface area (Å²) in [5.74, 6) is -0.997. The van der Waals surface area contributed by atoms with Crippen LogP contribution >= 0.6 is 0 Å². The standard InChI is InChI=1S/C10H17NO4/c1-15-7-6-11(8-2-3-8)9(12)4-5-10(13)14/h8H,2-7H2,1H3,(H,13,14). The maximum atomic E-state index is 11.6. The largest absolute Gasteiger partial charge is 0.481 e. The van der Waals surface area contributed by atoms with Gasteiger partial charge in [-0.05, 0) is 12.8 Å². The minimum Gasteiger partial charge on any atom is -0.481 e. The average Bonchev–Trinajstić information content (AvgIpc) is 2.99. The molecule has 1 rings (SSSR count). The summed E-state index contributed by atoms with van der Waals surface area (Å²) in [7, 11) is 1.59. The third kappa shape index (κ3) is 4.29. The Hall–Kier alpha value is -1.10. The fourth-order valence-electron chi connectivity index (χ4n) is 1.44. The zero-order valence-corrected chi connectivity index (χ0v) is 8.94. The molecule has 0 aromatic heterocycles. The average molecular weight is 215 g/mol. The predicted molar refractivity (Wildman–Crippen MR) is 53.5 cm³/mol. The van der Waals surface area contributed by atoms with Crippen molar-refractivity contribution < 1.29 is 19.4 Å². The molecule has 1 aliphatic carbocycles. The Morgan fingerprint density at radius 1 is 1.40 bits per heavy atom. The molecule has 1 amide bonds. The van der Waals surface area contributed by atoms with Crippen molar-refractivity contribution in [3.8, 4) is 0 Å². The second kappa shape index (κ2) is 5.70. The summed E-state index contributed by atoms with van der Waals surface area (Å²) in [5.41, 5.74) is 0. The third-order valence-corrected chi connectivity index (χ3v) is 2.40. The third-order valence-electron chi connectivity index (χ3n) is 2.40. The molecule has 0 atom stereocenters. The summed E-state index contributed by atoms with van der Waals surface area (Å²) < 4.78 is 4.92. The van der Waals surface area contributed by atoms with Crippen molar-refractivity contribution in [3.63, 3.8) is 0 Å². The van der Waals surface area contributed by atoms with E-state index in [0.717, 1.165) is 12.8 Å². The molecule has 1 N–H and O–H groups in total. The van der Waals surface area contributed by atoms with Gasteiger partial charge in [0.15, 0.2) is 0 Å². The maximum absolute atomic E-state index is 11.6. The van der Waals surface area contributed by atoms with Crippen LogP contribution in [0.2, 0.25) is 0 Å². The monoisotopic (exact) mass is 215 g/mol. The number of carbonyl (C=O) groups is 2. The van der Waals surface area contributed by atoms with Gasteiger partial charge in [-0.15, -0.1) is 0 Å².